The first kappa shape index (κ1) is 9.67. The minimum absolute atomic E-state index is 0.720. The summed E-state index contributed by atoms with van der Waals surface area (Å²) in [4.78, 5) is 0. The van der Waals surface area contributed by atoms with Gasteiger partial charge in [-0.25, -0.2) is 0 Å². The molecule has 0 aromatic heterocycles. The minimum Gasteiger partial charge on any atom is -0.310 e. The van der Waals surface area contributed by atoms with Crippen molar-refractivity contribution in [3.8, 4) is 0 Å². The molecule has 0 radical (unpaired) electrons. The van der Waals surface area contributed by atoms with Crippen LogP contribution in [-0.2, 0) is 0 Å². The van der Waals surface area contributed by atoms with Crippen LogP contribution >= 0.6 is 0 Å². The van der Waals surface area contributed by atoms with Crippen LogP contribution in [0.25, 0.3) is 0 Å². The maximum atomic E-state index is 7.45. The summed E-state index contributed by atoms with van der Waals surface area (Å²) >= 11 is 0. The topological polar surface area (TPSA) is 23.9 Å². The zero-order valence-electron chi connectivity index (χ0n) is 7.41. The highest BCUT2D eigenvalue weighted by Crippen LogP contribution is 2.10. The second kappa shape index (κ2) is 5.45. The van der Waals surface area contributed by atoms with E-state index in [1.165, 1.54) is 12.8 Å². The molecule has 1 N–H and O–H groups in total. The highest BCUT2D eigenvalue weighted by Gasteiger charge is 2.02. The lowest BCUT2D eigenvalue weighted by molar-refractivity contribution is 0.541. The van der Waals surface area contributed by atoms with Crippen LogP contribution in [0.15, 0.2) is 0 Å². The first-order valence-electron chi connectivity index (χ1n) is 4.27. The quantitative estimate of drug-likeness (QED) is 0.568. The standard InChI is InChI=1S/C9H19N/c1-4-6-8(3)7-9(10)5-2/h8,10H,4-7H2,1-3H3. The van der Waals surface area contributed by atoms with Crippen LogP contribution in [0.1, 0.15) is 46.5 Å². The van der Waals surface area contributed by atoms with E-state index in [1.54, 1.807) is 0 Å². The van der Waals surface area contributed by atoms with Crippen molar-refractivity contribution in [3.05, 3.63) is 0 Å². The first-order chi connectivity index (χ1) is 4.70. The third kappa shape index (κ3) is 4.54. The molecule has 60 valence electrons. The Morgan fingerprint density at radius 2 is 2.00 bits per heavy atom. The van der Waals surface area contributed by atoms with E-state index in [9.17, 15) is 0 Å². The van der Waals surface area contributed by atoms with E-state index in [4.69, 9.17) is 5.41 Å². The lowest BCUT2D eigenvalue weighted by Gasteiger charge is -2.08. The Morgan fingerprint density at radius 3 is 2.40 bits per heavy atom. The summed E-state index contributed by atoms with van der Waals surface area (Å²) in [5.74, 6) is 0.720. The van der Waals surface area contributed by atoms with Crippen molar-refractivity contribution in [2.24, 2.45) is 5.92 Å². The molecule has 0 saturated heterocycles. The van der Waals surface area contributed by atoms with Crippen molar-refractivity contribution in [1.29, 1.82) is 5.41 Å². The Bertz CT molecular complexity index is 96.9. The van der Waals surface area contributed by atoms with Gasteiger partial charge in [0.2, 0.25) is 0 Å². The molecule has 1 unspecified atom stereocenters. The Balaban J connectivity index is 3.37. The van der Waals surface area contributed by atoms with Crippen LogP contribution in [-0.4, -0.2) is 5.71 Å². The van der Waals surface area contributed by atoms with Crippen molar-refractivity contribution in [3.63, 3.8) is 0 Å². The molecular formula is C9H19N. The van der Waals surface area contributed by atoms with Crippen LogP contribution in [0.4, 0.5) is 0 Å². The van der Waals surface area contributed by atoms with E-state index in [0.29, 0.717) is 0 Å². The molecule has 1 nitrogen and oxygen atoms in total. The average Bonchev–Trinajstić information content (AvgIpc) is 1.88. The molecule has 0 rings (SSSR count). The van der Waals surface area contributed by atoms with E-state index < -0.39 is 0 Å². The molecule has 0 aromatic carbocycles. The van der Waals surface area contributed by atoms with E-state index >= 15 is 0 Å². The molecule has 0 aliphatic heterocycles. The fourth-order valence-corrected chi connectivity index (χ4v) is 1.16. The highest BCUT2D eigenvalue weighted by atomic mass is 14.4. The van der Waals surface area contributed by atoms with Crippen molar-refractivity contribution in [1.82, 2.24) is 0 Å². The molecule has 0 aliphatic carbocycles. The maximum Gasteiger partial charge on any atom is 0.00890 e. The fourth-order valence-electron chi connectivity index (χ4n) is 1.16. The molecule has 0 amide bonds. The normalized spacial score (nSPS) is 13.1. The third-order valence-corrected chi connectivity index (χ3v) is 1.80. The van der Waals surface area contributed by atoms with E-state index in [0.717, 1.165) is 24.5 Å². The van der Waals surface area contributed by atoms with Crippen LogP contribution in [0.5, 0.6) is 0 Å². The molecule has 1 heteroatoms. The van der Waals surface area contributed by atoms with Gasteiger partial charge in [0, 0.05) is 5.71 Å². The predicted molar refractivity (Wildman–Crippen MR) is 46.7 cm³/mol. The summed E-state index contributed by atoms with van der Waals surface area (Å²) in [5, 5.41) is 7.45. The van der Waals surface area contributed by atoms with Gasteiger partial charge in [0.05, 0.1) is 0 Å². The molecule has 0 spiro atoms. The van der Waals surface area contributed by atoms with E-state index in [2.05, 4.69) is 20.8 Å². The predicted octanol–water partition coefficient (Wildman–Crippen LogP) is 3.24. The second-order valence-corrected chi connectivity index (χ2v) is 3.06. The van der Waals surface area contributed by atoms with Gasteiger partial charge in [0.25, 0.3) is 0 Å². The molecule has 0 fully saturated rings. The van der Waals surface area contributed by atoms with Crippen molar-refractivity contribution in [2.45, 2.75) is 46.5 Å². The second-order valence-electron chi connectivity index (χ2n) is 3.06. The molecule has 0 aliphatic rings. The summed E-state index contributed by atoms with van der Waals surface area (Å²) in [6, 6.07) is 0. The van der Waals surface area contributed by atoms with Gasteiger partial charge in [0.15, 0.2) is 0 Å². The minimum atomic E-state index is 0.720. The largest absolute Gasteiger partial charge is 0.310 e. The van der Waals surface area contributed by atoms with Gasteiger partial charge in [-0.15, -0.1) is 0 Å². The van der Waals surface area contributed by atoms with Crippen molar-refractivity contribution < 1.29 is 0 Å². The van der Waals surface area contributed by atoms with Gasteiger partial charge in [-0.05, 0) is 18.8 Å². The Kier molecular flexibility index (Phi) is 5.27. The molecule has 10 heavy (non-hydrogen) atoms. The molecule has 0 heterocycles. The maximum absolute atomic E-state index is 7.45. The smallest absolute Gasteiger partial charge is 0.00890 e. The van der Waals surface area contributed by atoms with Gasteiger partial charge in [0.1, 0.15) is 0 Å². The van der Waals surface area contributed by atoms with Crippen LogP contribution in [0.2, 0.25) is 0 Å². The number of hydrogen-bond donors (Lipinski definition) is 1. The zero-order chi connectivity index (χ0) is 7.98. The van der Waals surface area contributed by atoms with Gasteiger partial charge in [-0.2, -0.15) is 0 Å². The highest BCUT2D eigenvalue weighted by molar-refractivity contribution is 5.81. The van der Waals surface area contributed by atoms with Crippen molar-refractivity contribution >= 4 is 5.71 Å². The monoisotopic (exact) mass is 141 g/mol. The summed E-state index contributed by atoms with van der Waals surface area (Å²) in [5.41, 5.74) is 0.904. The van der Waals surface area contributed by atoms with Gasteiger partial charge < -0.3 is 5.41 Å². The van der Waals surface area contributed by atoms with E-state index in [-0.39, 0.29) is 0 Å². The molecule has 0 bridgehead atoms. The van der Waals surface area contributed by atoms with Gasteiger partial charge in [-0.1, -0.05) is 33.6 Å². The number of nitrogens with one attached hydrogen (secondary N) is 1. The number of hydrogen-bond acceptors (Lipinski definition) is 1. The SMILES string of the molecule is CCCC(C)CC(=N)CC. The lowest BCUT2D eigenvalue weighted by atomic mass is 9.98. The fraction of sp³-hybridized carbons (Fsp3) is 0.889. The molecule has 0 aromatic rings. The Labute approximate surface area is 64.3 Å². The molecule has 1 atom stereocenters. The van der Waals surface area contributed by atoms with Crippen LogP contribution < -0.4 is 0 Å². The van der Waals surface area contributed by atoms with Gasteiger partial charge >= 0.3 is 0 Å². The first-order valence-corrected chi connectivity index (χ1v) is 4.27. The third-order valence-electron chi connectivity index (χ3n) is 1.80. The molecule has 0 saturated carbocycles. The molecular weight excluding hydrogens is 122 g/mol. The van der Waals surface area contributed by atoms with Crippen LogP contribution in [0.3, 0.4) is 0 Å². The summed E-state index contributed by atoms with van der Waals surface area (Å²) in [7, 11) is 0. The average molecular weight is 141 g/mol. The lowest BCUT2D eigenvalue weighted by Crippen LogP contribution is -2.02. The Morgan fingerprint density at radius 1 is 1.40 bits per heavy atom. The summed E-state index contributed by atoms with van der Waals surface area (Å²) < 4.78 is 0. The van der Waals surface area contributed by atoms with Gasteiger partial charge in [-0.3, -0.25) is 0 Å². The van der Waals surface area contributed by atoms with E-state index in [1.807, 2.05) is 0 Å². The Hall–Kier alpha value is -0.330. The number of rotatable bonds is 5. The van der Waals surface area contributed by atoms with Crippen molar-refractivity contribution in [2.75, 3.05) is 0 Å². The summed E-state index contributed by atoms with van der Waals surface area (Å²) in [6.07, 6.45) is 4.44. The van der Waals surface area contributed by atoms with Crippen LogP contribution in [0, 0.1) is 11.3 Å². The zero-order valence-corrected chi connectivity index (χ0v) is 7.41. The summed E-state index contributed by atoms with van der Waals surface area (Å²) in [6.45, 7) is 6.49.